The number of amidine groups is 1. The molecule has 1 atom stereocenters. The first-order valence-corrected chi connectivity index (χ1v) is 10.3. The van der Waals surface area contributed by atoms with E-state index in [1.54, 1.807) is 19.2 Å². The molecule has 0 spiro atoms. The van der Waals surface area contributed by atoms with Gasteiger partial charge >= 0.3 is 0 Å². The number of ketones is 1. The van der Waals surface area contributed by atoms with Crippen LogP contribution in [-0.4, -0.2) is 61.5 Å². The van der Waals surface area contributed by atoms with E-state index in [1.807, 2.05) is 12.3 Å². The van der Waals surface area contributed by atoms with Gasteiger partial charge in [-0.25, -0.2) is 4.39 Å². The van der Waals surface area contributed by atoms with Gasteiger partial charge in [-0.15, -0.1) is 0 Å². The largest absolute Gasteiger partial charge is 0.384 e. The molecule has 1 aromatic carbocycles. The lowest BCUT2D eigenvalue weighted by atomic mass is 9.93. The number of ether oxygens (including phenoxy) is 2. The van der Waals surface area contributed by atoms with Crippen LogP contribution in [-0.2, 0) is 27.2 Å². The lowest BCUT2D eigenvalue weighted by Crippen LogP contribution is -2.40. The van der Waals surface area contributed by atoms with Crippen molar-refractivity contribution in [2.24, 2.45) is 4.99 Å². The summed E-state index contributed by atoms with van der Waals surface area (Å²) >= 11 is 0. The van der Waals surface area contributed by atoms with Gasteiger partial charge in [0.1, 0.15) is 17.4 Å². The van der Waals surface area contributed by atoms with Crippen LogP contribution in [0.2, 0.25) is 0 Å². The number of morpholine rings is 1. The number of hydrogen-bond donors (Lipinski definition) is 0. The van der Waals surface area contributed by atoms with Crippen LogP contribution in [0.1, 0.15) is 34.7 Å². The Hall–Kier alpha value is -2.64. The van der Waals surface area contributed by atoms with Crippen molar-refractivity contribution >= 4 is 11.6 Å². The summed E-state index contributed by atoms with van der Waals surface area (Å²) < 4.78 is 23.9. The molecule has 6 nitrogen and oxygen atoms in total. The average molecular weight is 411 g/mol. The predicted octanol–water partition coefficient (Wildman–Crippen LogP) is 2.75. The lowest BCUT2D eigenvalue weighted by molar-refractivity contribution is -0.119. The molecule has 158 valence electrons. The first-order valence-electron chi connectivity index (χ1n) is 10.3. The molecule has 0 aliphatic carbocycles. The third-order valence-electron chi connectivity index (χ3n) is 5.56. The second kappa shape index (κ2) is 9.45. The maximum Gasteiger partial charge on any atom is 0.139 e. The van der Waals surface area contributed by atoms with Crippen molar-refractivity contribution in [2.75, 3.05) is 40.0 Å². The fourth-order valence-electron chi connectivity index (χ4n) is 4.02. The van der Waals surface area contributed by atoms with Crippen molar-refractivity contribution in [2.45, 2.75) is 25.3 Å². The van der Waals surface area contributed by atoms with Gasteiger partial charge in [-0.1, -0.05) is 12.1 Å². The van der Waals surface area contributed by atoms with E-state index in [4.69, 9.17) is 9.47 Å². The molecular formula is C23H26FN3O3. The number of aromatic nitrogens is 1. The van der Waals surface area contributed by atoms with Gasteiger partial charge in [-0.3, -0.25) is 14.8 Å². The zero-order chi connectivity index (χ0) is 20.9. The van der Waals surface area contributed by atoms with Gasteiger partial charge in [-0.05, 0) is 29.3 Å². The fraction of sp³-hybridized carbons (Fsp3) is 0.435. The van der Waals surface area contributed by atoms with E-state index < -0.39 is 0 Å². The molecule has 0 bridgehead atoms. The molecule has 3 heterocycles. The Labute approximate surface area is 175 Å². The number of aliphatic imine (C=N–C) groups is 1. The molecule has 2 aliphatic heterocycles. The molecule has 0 amide bonds. The van der Waals surface area contributed by atoms with Crippen LogP contribution in [0.25, 0.3) is 0 Å². The number of methoxy groups -OCH3 is 1. The Morgan fingerprint density at radius 2 is 2.03 bits per heavy atom. The van der Waals surface area contributed by atoms with E-state index in [1.165, 1.54) is 12.1 Å². The molecule has 1 aromatic heterocycles. The Morgan fingerprint density at radius 1 is 1.27 bits per heavy atom. The van der Waals surface area contributed by atoms with Crippen LogP contribution in [0.15, 0.2) is 41.5 Å². The molecule has 0 saturated carbocycles. The summed E-state index contributed by atoms with van der Waals surface area (Å²) in [5, 5.41) is 0. The zero-order valence-corrected chi connectivity index (χ0v) is 17.1. The third-order valence-corrected chi connectivity index (χ3v) is 5.56. The zero-order valence-electron chi connectivity index (χ0n) is 17.1. The van der Waals surface area contributed by atoms with E-state index in [0.717, 1.165) is 41.3 Å². The van der Waals surface area contributed by atoms with Gasteiger partial charge in [0.15, 0.2) is 0 Å². The predicted molar refractivity (Wildman–Crippen MR) is 111 cm³/mol. The first-order chi connectivity index (χ1) is 14.6. The minimum Gasteiger partial charge on any atom is -0.384 e. The van der Waals surface area contributed by atoms with Gasteiger partial charge in [-0.2, -0.15) is 0 Å². The SMILES string of the molecule is COC[C@H](CC(=O)Cc1cc2c(cn1)C(N1CCOCC1)=NC2)c1ccc(F)cc1. The highest BCUT2D eigenvalue weighted by Crippen LogP contribution is 2.24. The minimum absolute atomic E-state index is 0.0844. The number of rotatable bonds is 7. The third kappa shape index (κ3) is 4.74. The Balaban J connectivity index is 1.40. The summed E-state index contributed by atoms with van der Waals surface area (Å²) in [5.41, 5.74) is 3.82. The number of Topliss-reactive ketones (excluding diaryl/α,β-unsaturated/α-hetero) is 1. The number of carbonyl (C=O) groups excluding carboxylic acids is 1. The fourth-order valence-corrected chi connectivity index (χ4v) is 4.02. The first kappa shape index (κ1) is 20.6. The standard InChI is InChI=1S/C23H26FN3O3/c1-29-15-18(16-2-4-19(24)5-3-16)11-21(28)12-20-10-17-13-26-23(22(17)14-25-20)27-6-8-30-9-7-27/h2-5,10,14,18H,6-9,11-13,15H2,1H3/t18-/m0/s1. The topological polar surface area (TPSA) is 64.0 Å². The summed E-state index contributed by atoms with van der Waals surface area (Å²) in [5.74, 6) is 0.673. The van der Waals surface area contributed by atoms with Gasteiger partial charge in [0, 0.05) is 56.4 Å². The van der Waals surface area contributed by atoms with Gasteiger partial charge in [0.05, 0.1) is 26.4 Å². The summed E-state index contributed by atoms with van der Waals surface area (Å²) in [4.78, 5) is 24.2. The average Bonchev–Trinajstić information content (AvgIpc) is 3.18. The number of pyridine rings is 1. The van der Waals surface area contributed by atoms with E-state index in [-0.39, 0.29) is 23.9 Å². The van der Waals surface area contributed by atoms with E-state index in [0.29, 0.717) is 32.8 Å². The summed E-state index contributed by atoms with van der Waals surface area (Å²) in [6, 6.07) is 8.25. The second-order valence-electron chi connectivity index (χ2n) is 7.70. The highest BCUT2D eigenvalue weighted by atomic mass is 19.1. The van der Waals surface area contributed by atoms with E-state index in [2.05, 4.69) is 14.9 Å². The molecule has 0 N–H and O–H groups in total. The van der Waals surface area contributed by atoms with Gasteiger partial charge in [0.25, 0.3) is 0 Å². The molecule has 2 aromatic rings. The van der Waals surface area contributed by atoms with Crippen LogP contribution in [0.4, 0.5) is 4.39 Å². The van der Waals surface area contributed by atoms with Gasteiger partial charge < -0.3 is 14.4 Å². The summed E-state index contributed by atoms with van der Waals surface area (Å²) in [6.45, 7) is 4.13. The number of hydrogen-bond acceptors (Lipinski definition) is 6. The second-order valence-corrected chi connectivity index (χ2v) is 7.70. The van der Waals surface area contributed by atoms with Crippen LogP contribution in [0, 0.1) is 5.82 Å². The smallest absolute Gasteiger partial charge is 0.139 e. The number of fused-ring (bicyclic) bond motifs is 1. The summed E-state index contributed by atoms with van der Waals surface area (Å²) in [7, 11) is 1.61. The van der Waals surface area contributed by atoms with Crippen molar-refractivity contribution in [1.29, 1.82) is 0 Å². The monoisotopic (exact) mass is 411 g/mol. The molecule has 30 heavy (non-hydrogen) atoms. The number of benzene rings is 1. The Kier molecular flexibility index (Phi) is 6.50. The molecule has 0 unspecified atom stereocenters. The number of nitrogens with zero attached hydrogens (tertiary/aromatic N) is 3. The quantitative estimate of drug-likeness (QED) is 0.701. The maximum atomic E-state index is 13.2. The van der Waals surface area contributed by atoms with Crippen molar-refractivity contribution in [3.63, 3.8) is 0 Å². The molecule has 2 aliphatic rings. The van der Waals surface area contributed by atoms with Crippen LogP contribution in [0.5, 0.6) is 0 Å². The number of carbonyl (C=O) groups is 1. The molecular weight excluding hydrogens is 385 g/mol. The normalized spacial score (nSPS) is 16.9. The van der Waals surface area contributed by atoms with E-state index >= 15 is 0 Å². The van der Waals surface area contributed by atoms with Crippen LogP contribution in [0.3, 0.4) is 0 Å². The van der Waals surface area contributed by atoms with Crippen molar-refractivity contribution in [3.05, 3.63) is 64.7 Å². The maximum absolute atomic E-state index is 13.2. The van der Waals surface area contributed by atoms with E-state index in [9.17, 15) is 9.18 Å². The number of halogens is 1. The molecule has 0 radical (unpaired) electrons. The van der Waals surface area contributed by atoms with Crippen molar-refractivity contribution < 1.29 is 18.7 Å². The molecule has 1 saturated heterocycles. The molecule has 7 heteroatoms. The summed E-state index contributed by atoms with van der Waals surface area (Å²) in [6.07, 6.45) is 2.43. The highest BCUT2D eigenvalue weighted by molar-refractivity contribution is 6.01. The Morgan fingerprint density at radius 3 is 2.77 bits per heavy atom. The van der Waals surface area contributed by atoms with Gasteiger partial charge in [0.2, 0.25) is 0 Å². The van der Waals surface area contributed by atoms with Crippen molar-refractivity contribution in [1.82, 2.24) is 9.88 Å². The highest BCUT2D eigenvalue weighted by Gasteiger charge is 2.24. The van der Waals surface area contributed by atoms with Crippen LogP contribution < -0.4 is 0 Å². The minimum atomic E-state index is -0.290. The Bertz CT molecular complexity index is 924. The van der Waals surface area contributed by atoms with Crippen LogP contribution >= 0.6 is 0 Å². The molecule has 4 rings (SSSR count). The van der Waals surface area contributed by atoms with Crippen molar-refractivity contribution in [3.8, 4) is 0 Å². The molecule has 1 fully saturated rings. The lowest BCUT2D eigenvalue weighted by Gasteiger charge is -2.28.